The van der Waals surface area contributed by atoms with Crippen molar-refractivity contribution < 1.29 is 22.7 Å². The van der Waals surface area contributed by atoms with Crippen LogP contribution in [0.4, 0.5) is 5.69 Å². The number of hydrogen-bond acceptors (Lipinski definition) is 5. The van der Waals surface area contributed by atoms with Crippen LogP contribution in [0.1, 0.15) is 22.3 Å². The van der Waals surface area contributed by atoms with E-state index in [1.165, 1.54) is 7.11 Å². The Balaban J connectivity index is 2.19. The molecule has 0 aromatic heterocycles. The lowest BCUT2D eigenvalue weighted by Gasteiger charge is -2.10. The van der Waals surface area contributed by atoms with E-state index >= 15 is 0 Å². The quantitative estimate of drug-likeness (QED) is 0.764. The van der Waals surface area contributed by atoms with Gasteiger partial charge in [-0.05, 0) is 36.4 Å². The second kappa shape index (κ2) is 7.94. The van der Waals surface area contributed by atoms with E-state index in [0.717, 1.165) is 6.26 Å². The standard InChI is InChI=1S/C18H19NO5S/c1-24-14-9-7-13(8-10-14)18(21)15-5-3-4-6-16(15)19-17(20)11-12-25(2,22)23/h3-10H,11-12H2,1-2H3,(H,19,20). The van der Waals surface area contributed by atoms with Crippen LogP contribution < -0.4 is 10.1 Å². The normalized spacial score (nSPS) is 11.0. The number of methoxy groups -OCH3 is 1. The third-order valence-corrected chi connectivity index (χ3v) is 4.44. The van der Waals surface area contributed by atoms with Crippen molar-refractivity contribution in [3.05, 3.63) is 59.7 Å². The molecule has 2 rings (SSSR count). The molecule has 0 saturated carbocycles. The summed E-state index contributed by atoms with van der Waals surface area (Å²) in [6.07, 6.45) is 0.908. The summed E-state index contributed by atoms with van der Waals surface area (Å²) < 4.78 is 27.4. The smallest absolute Gasteiger partial charge is 0.225 e. The first-order chi connectivity index (χ1) is 11.8. The molecule has 132 valence electrons. The number of carbonyl (C=O) groups excluding carboxylic acids is 2. The molecular formula is C18H19NO5S. The van der Waals surface area contributed by atoms with Crippen LogP contribution >= 0.6 is 0 Å². The van der Waals surface area contributed by atoms with E-state index in [1.54, 1.807) is 48.5 Å². The number of para-hydroxylation sites is 1. The number of amides is 1. The lowest BCUT2D eigenvalue weighted by Crippen LogP contribution is -2.18. The summed E-state index contributed by atoms with van der Waals surface area (Å²) in [5.41, 5.74) is 1.14. The van der Waals surface area contributed by atoms with Gasteiger partial charge in [-0.25, -0.2) is 8.42 Å². The molecule has 0 radical (unpaired) electrons. The van der Waals surface area contributed by atoms with Crippen LogP contribution in [0.5, 0.6) is 5.75 Å². The minimum Gasteiger partial charge on any atom is -0.497 e. The zero-order chi connectivity index (χ0) is 18.4. The average Bonchev–Trinajstić information content (AvgIpc) is 2.59. The molecule has 0 spiro atoms. The highest BCUT2D eigenvalue weighted by atomic mass is 32.2. The van der Waals surface area contributed by atoms with Gasteiger partial charge < -0.3 is 10.1 Å². The summed E-state index contributed by atoms with van der Waals surface area (Å²) in [6.45, 7) is 0. The van der Waals surface area contributed by atoms with Crippen molar-refractivity contribution in [2.45, 2.75) is 6.42 Å². The molecule has 1 N–H and O–H groups in total. The molecule has 7 heteroatoms. The molecular weight excluding hydrogens is 342 g/mol. The molecule has 0 unspecified atom stereocenters. The van der Waals surface area contributed by atoms with Gasteiger partial charge in [-0.15, -0.1) is 0 Å². The van der Waals surface area contributed by atoms with Crippen LogP contribution in [-0.2, 0) is 14.6 Å². The average molecular weight is 361 g/mol. The highest BCUT2D eigenvalue weighted by Gasteiger charge is 2.16. The molecule has 0 fully saturated rings. The predicted molar refractivity (Wildman–Crippen MR) is 95.8 cm³/mol. The lowest BCUT2D eigenvalue weighted by molar-refractivity contribution is -0.115. The topological polar surface area (TPSA) is 89.5 Å². The first-order valence-corrected chi connectivity index (χ1v) is 9.61. The van der Waals surface area contributed by atoms with Crippen LogP contribution in [0.3, 0.4) is 0 Å². The van der Waals surface area contributed by atoms with Crippen LogP contribution in [0.15, 0.2) is 48.5 Å². The number of ketones is 1. The molecule has 6 nitrogen and oxygen atoms in total. The number of nitrogens with one attached hydrogen (secondary N) is 1. The van der Waals surface area contributed by atoms with Gasteiger partial charge >= 0.3 is 0 Å². The van der Waals surface area contributed by atoms with Gasteiger partial charge in [0.2, 0.25) is 5.91 Å². The SMILES string of the molecule is COc1ccc(C(=O)c2ccccc2NC(=O)CCS(C)(=O)=O)cc1. The van der Waals surface area contributed by atoms with E-state index in [0.29, 0.717) is 22.6 Å². The fraction of sp³-hybridized carbons (Fsp3) is 0.222. The first kappa shape index (κ1) is 18.7. The molecule has 0 aliphatic carbocycles. The number of carbonyl (C=O) groups is 2. The number of sulfone groups is 1. The van der Waals surface area contributed by atoms with Gasteiger partial charge in [0.25, 0.3) is 0 Å². The third-order valence-electron chi connectivity index (χ3n) is 3.50. The van der Waals surface area contributed by atoms with Gasteiger partial charge in [0.1, 0.15) is 15.6 Å². The van der Waals surface area contributed by atoms with Crippen molar-refractivity contribution in [3.8, 4) is 5.75 Å². The van der Waals surface area contributed by atoms with Crippen molar-refractivity contribution in [2.24, 2.45) is 0 Å². The van der Waals surface area contributed by atoms with Crippen molar-refractivity contribution >= 4 is 27.2 Å². The maximum Gasteiger partial charge on any atom is 0.225 e. The zero-order valence-electron chi connectivity index (χ0n) is 14.0. The van der Waals surface area contributed by atoms with Crippen molar-refractivity contribution in [1.82, 2.24) is 0 Å². The molecule has 0 bridgehead atoms. The van der Waals surface area contributed by atoms with Gasteiger partial charge in [0.15, 0.2) is 5.78 Å². The molecule has 0 aliphatic heterocycles. The van der Waals surface area contributed by atoms with Gasteiger partial charge in [-0.3, -0.25) is 9.59 Å². The highest BCUT2D eigenvalue weighted by Crippen LogP contribution is 2.21. The Labute approximate surface area is 146 Å². The fourth-order valence-electron chi connectivity index (χ4n) is 2.18. The van der Waals surface area contributed by atoms with Crippen LogP contribution in [0.25, 0.3) is 0 Å². The highest BCUT2D eigenvalue weighted by molar-refractivity contribution is 7.90. The predicted octanol–water partition coefficient (Wildman–Crippen LogP) is 2.30. The van der Waals surface area contributed by atoms with Crippen LogP contribution in [-0.4, -0.2) is 39.2 Å². The first-order valence-electron chi connectivity index (χ1n) is 7.55. The summed E-state index contributed by atoms with van der Waals surface area (Å²) in [5.74, 6) is -0.311. The molecule has 0 heterocycles. The summed E-state index contributed by atoms with van der Waals surface area (Å²) in [6, 6.07) is 13.3. The summed E-state index contributed by atoms with van der Waals surface area (Å²) in [4.78, 5) is 24.6. The van der Waals surface area contributed by atoms with Crippen molar-refractivity contribution in [3.63, 3.8) is 0 Å². The Morgan fingerprint density at radius 1 is 1.04 bits per heavy atom. The number of anilines is 1. The van der Waals surface area contributed by atoms with Gasteiger partial charge in [-0.1, -0.05) is 12.1 Å². The lowest BCUT2D eigenvalue weighted by atomic mass is 10.0. The van der Waals surface area contributed by atoms with E-state index in [-0.39, 0.29) is 18.0 Å². The van der Waals surface area contributed by atoms with Crippen molar-refractivity contribution in [1.29, 1.82) is 0 Å². The maximum atomic E-state index is 12.7. The Hall–Kier alpha value is -2.67. The molecule has 1 amide bonds. The Bertz CT molecular complexity index is 873. The molecule has 0 aliphatic rings. The monoisotopic (exact) mass is 361 g/mol. The van der Waals surface area contributed by atoms with Gasteiger partial charge in [0, 0.05) is 23.8 Å². The maximum absolute atomic E-state index is 12.7. The minimum absolute atomic E-state index is 0.163. The van der Waals surface area contributed by atoms with Crippen LogP contribution in [0, 0.1) is 0 Å². The summed E-state index contributed by atoms with van der Waals surface area (Å²) >= 11 is 0. The van der Waals surface area contributed by atoms with Crippen LogP contribution in [0.2, 0.25) is 0 Å². The number of ether oxygens (including phenoxy) is 1. The molecule has 25 heavy (non-hydrogen) atoms. The Morgan fingerprint density at radius 3 is 2.28 bits per heavy atom. The second-order valence-corrected chi connectivity index (χ2v) is 7.79. The van der Waals surface area contributed by atoms with Crippen molar-refractivity contribution in [2.75, 3.05) is 24.4 Å². The number of rotatable bonds is 7. The summed E-state index contributed by atoms with van der Waals surface area (Å²) in [7, 11) is -1.69. The number of benzene rings is 2. The largest absolute Gasteiger partial charge is 0.497 e. The molecule has 0 saturated heterocycles. The number of hydrogen-bond donors (Lipinski definition) is 1. The van der Waals surface area contributed by atoms with E-state index in [2.05, 4.69) is 5.32 Å². The molecule has 0 atom stereocenters. The van der Waals surface area contributed by atoms with E-state index in [1.807, 2.05) is 0 Å². The van der Waals surface area contributed by atoms with E-state index < -0.39 is 15.7 Å². The van der Waals surface area contributed by atoms with E-state index in [9.17, 15) is 18.0 Å². The van der Waals surface area contributed by atoms with Gasteiger partial charge in [-0.2, -0.15) is 0 Å². The van der Waals surface area contributed by atoms with Gasteiger partial charge in [0.05, 0.1) is 18.6 Å². The third kappa shape index (κ3) is 5.42. The molecule has 2 aromatic carbocycles. The zero-order valence-corrected chi connectivity index (χ0v) is 14.8. The fourth-order valence-corrected chi connectivity index (χ4v) is 2.73. The second-order valence-electron chi connectivity index (χ2n) is 5.53. The minimum atomic E-state index is -3.23. The summed E-state index contributed by atoms with van der Waals surface area (Å²) in [5, 5.41) is 2.61. The van der Waals surface area contributed by atoms with E-state index in [4.69, 9.17) is 4.74 Å². The Kier molecular flexibility index (Phi) is 5.93. The molecule has 2 aromatic rings. The Morgan fingerprint density at radius 2 is 1.68 bits per heavy atom.